The van der Waals surface area contributed by atoms with Gasteiger partial charge in [-0.25, -0.2) is 4.98 Å². The van der Waals surface area contributed by atoms with Crippen LogP contribution in [0.5, 0.6) is 0 Å². The topological polar surface area (TPSA) is 90.1 Å². The first-order valence-electron chi connectivity index (χ1n) is 7.41. The van der Waals surface area contributed by atoms with Gasteiger partial charge in [0.2, 0.25) is 0 Å². The molecule has 1 heterocycles. The standard InChI is InChI=1S/C17H16N4O3/c1-11-19-15-9-13(21(23)24)8-14(16(15)17(22)20(11)2)18-10-12-6-4-3-5-7-12/h3-9,18H,10H2,1-2H3. The zero-order valence-electron chi connectivity index (χ0n) is 13.3. The van der Waals surface area contributed by atoms with Gasteiger partial charge in [-0.2, -0.15) is 0 Å². The highest BCUT2D eigenvalue weighted by Gasteiger charge is 2.16. The molecule has 0 radical (unpaired) electrons. The van der Waals surface area contributed by atoms with E-state index in [9.17, 15) is 14.9 Å². The van der Waals surface area contributed by atoms with Crippen LogP contribution in [0.15, 0.2) is 47.3 Å². The number of aromatic nitrogens is 2. The van der Waals surface area contributed by atoms with Crippen LogP contribution in [0.3, 0.4) is 0 Å². The van der Waals surface area contributed by atoms with Crippen LogP contribution in [0.4, 0.5) is 11.4 Å². The van der Waals surface area contributed by atoms with Crippen molar-refractivity contribution >= 4 is 22.3 Å². The van der Waals surface area contributed by atoms with Crippen LogP contribution in [-0.2, 0) is 13.6 Å². The molecule has 7 nitrogen and oxygen atoms in total. The third-order valence-corrected chi connectivity index (χ3v) is 3.93. The lowest BCUT2D eigenvalue weighted by molar-refractivity contribution is -0.384. The Kier molecular flexibility index (Phi) is 3.99. The monoisotopic (exact) mass is 324 g/mol. The number of hydrogen-bond acceptors (Lipinski definition) is 5. The van der Waals surface area contributed by atoms with E-state index in [1.807, 2.05) is 30.3 Å². The molecule has 2 aromatic carbocycles. The van der Waals surface area contributed by atoms with Gasteiger partial charge in [0.25, 0.3) is 11.2 Å². The van der Waals surface area contributed by atoms with E-state index in [1.54, 1.807) is 14.0 Å². The molecule has 0 saturated heterocycles. The fourth-order valence-corrected chi connectivity index (χ4v) is 2.53. The molecule has 0 amide bonds. The molecule has 0 unspecified atom stereocenters. The van der Waals surface area contributed by atoms with Crippen molar-refractivity contribution in [2.45, 2.75) is 13.5 Å². The number of aryl methyl sites for hydroxylation is 1. The smallest absolute Gasteiger partial charge is 0.273 e. The first-order valence-corrected chi connectivity index (χ1v) is 7.41. The molecule has 122 valence electrons. The van der Waals surface area contributed by atoms with Gasteiger partial charge in [-0.05, 0) is 12.5 Å². The number of non-ortho nitro benzene ring substituents is 1. The van der Waals surface area contributed by atoms with Crippen molar-refractivity contribution in [2.75, 3.05) is 5.32 Å². The summed E-state index contributed by atoms with van der Waals surface area (Å²) in [5.41, 5.74) is 1.41. The van der Waals surface area contributed by atoms with Crippen molar-refractivity contribution in [1.29, 1.82) is 0 Å². The van der Waals surface area contributed by atoms with Gasteiger partial charge >= 0.3 is 0 Å². The van der Waals surface area contributed by atoms with Crippen LogP contribution in [0, 0.1) is 17.0 Å². The van der Waals surface area contributed by atoms with Crippen molar-refractivity contribution in [3.8, 4) is 0 Å². The number of rotatable bonds is 4. The molecule has 24 heavy (non-hydrogen) atoms. The van der Waals surface area contributed by atoms with Crippen LogP contribution < -0.4 is 10.9 Å². The van der Waals surface area contributed by atoms with Crippen LogP contribution >= 0.6 is 0 Å². The van der Waals surface area contributed by atoms with Crippen LogP contribution in [0.2, 0.25) is 0 Å². The number of nitro groups is 1. The first kappa shape index (κ1) is 15.7. The van der Waals surface area contributed by atoms with Gasteiger partial charge in [-0.3, -0.25) is 19.5 Å². The van der Waals surface area contributed by atoms with E-state index in [-0.39, 0.29) is 11.2 Å². The van der Waals surface area contributed by atoms with Gasteiger partial charge in [-0.1, -0.05) is 30.3 Å². The molecule has 0 aliphatic heterocycles. The zero-order chi connectivity index (χ0) is 17.3. The van der Waals surface area contributed by atoms with Gasteiger partial charge in [0.05, 0.1) is 21.5 Å². The summed E-state index contributed by atoms with van der Waals surface area (Å²) in [6, 6.07) is 12.3. The Labute approximate surface area is 137 Å². The Morgan fingerprint density at radius 3 is 2.62 bits per heavy atom. The maximum Gasteiger partial charge on any atom is 0.273 e. The summed E-state index contributed by atoms with van der Waals surface area (Å²) >= 11 is 0. The summed E-state index contributed by atoms with van der Waals surface area (Å²) in [7, 11) is 1.63. The summed E-state index contributed by atoms with van der Waals surface area (Å²) in [6.07, 6.45) is 0. The van der Waals surface area contributed by atoms with Crippen molar-refractivity contribution < 1.29 is 4.92 Å². The molecule has 0 bridgehead atoms. The summed E-state index contributed by atoms with van der Waals surface area (Å²) in [4.78, 5) is 27.6. The Balaban J connectivity index is 2.15. The number of hydrogen-bond donors (Lipinski definition) is 1. The molecule has 3 rings (SSSR count). The Morgan fingerprint density at radius 1 is 1.25 bits per heavy atom. The molecule has 3 aromatic rings. The molecule has 1 N–H and O–H groups in total. The molecule has 1 aromatic heterocycles. The summed E-state index contributed by atoms with van der Waals surface area (Å²) in [5, 5.41) is 14.7. The second-order valence-electron chi connectivity index (χ2n) is 5.51. The number of anilines is 1. The Bertz CT molecular complexity index is 981. The van der Waals surface area contributed by atoms with E-state index in [2.05, 4.69) is 10.3 Å². The normalized spacial score (nSPS) is 10.8. The number of fused-ring (bicyclic) bond motifs is 1. The van der Waals surface area contributed by atoms with E-state index in [1.165, 1.54) is 16.7 Å². The highest BCUT2D eigenvalue weighted by atomic mass is 16.6. The maximum absolute atomic E-state index is 12.6. The lowest BCUT2D eigenvalue weighted by Crippen LogP contribution is -2.21. The van der Waals surface area contributed by atoms with Crippen LogP contribution in [0.1, 0.15) is 11.4 Å². The Morgan fingerprint density at radius 2 is 1.96 bits per heavy atom. The molecule has 0 aliphatic carbocycles. The van der Waals surface area contributed by atoms with E-state index in [4.69, 9.17) is 0 Å². The number of nitrogens with zero attached hydrogens (tertiary/aromatic N) is 3. The van der Waals surface area contributed by atoms with Gasteiger partial charge < -0.3 is 5.32 Å². The highest BCUT2D eigenvalue weighted by molar-refractivity contribution is 5.93. The van der Waals surface area contributed by atoms with Crippen molar-refractivity contribution in [1.82, 2.24) is 9.55 Å². The second-order valence-corrected chi connectivity index (χ2v) is 5.51. The third kappa shape index (κ3) is 2.83. The second kappa shape index (κ2) is 6.11. The number of nitro benzene ring substituents is 1. The first-order chi connectivity index (χ1) is 11.5. The van der Waals surface area contributed by atoms with Gasteiger partial charge in [-0.15, -0.1) is 0 Å². The minimum atomic E-state index is -0.484. The van der Waals surface area contributed by atoms with Crippen molar-refractivity contribution in [3.63, 3.8) is 0 Å². The summed E-state index contributed by atoms with van der Waals surface area (Å²) < 4.78 is 1.43. The SMILES string of the molecule is Cc1nc2cc([N+](=O)[O-])cc(NCc3ccccc3)c2c(=O)n1C. The zero-order valence-corrected chi connectivity index (χ0v) is 13.3. The van der Waals surface area contributed by atoms with Gasteiger partial charge in [0, 0.05) is 25.7 Å². The van der Waals surface area contributed by atoms with E-state index in [0.29, 0.717) is 29.0 Å². The van der Waals surface area contributed by atoms with E-state index in [0.717, 1.165) is 5.56 Å². The molecular formula is C17H16N4O3. The summed E-state index contributed by atoms with van der Waals surface area (Å²) in [5.74, 6) is 0.502. The highest BCUT2D eigenvalue weighted by Crippen LogP contribution is 2.26. The Hall–Kier alpha value is -3.22. The molecule has 0 saturated carbocycles. The number of nitrogens with one attached hydrogen (secondary N) is 1. The molecule has 0 spiro atoms. The van der Waals surface area contributed by atoms with Crippen molar-refractivity contribution in [2.24, 2.45) is 7.05 Å². The van der Waals surface area contributed by atoms with Gasteiger partial charge in [0.1, 0.15) is 5.82 Å². The quantitative estimate of drug-likeness (QED) is 0.588. The van der Waals surface area contributed by atoms with Crippen LogP contribution in [-0.4, -0.2) is 14.5 Å². The predicted octanol–water partition coefficient (Wildman–Crippen LogP) is 2.76. The van der Waals surface area contributed by atoms with E-state index < -0.39 is 4.92 Å². The maximum atomic E-state index is 12.6. The fourth-order valence-electron chi connectivity index (χ4n) is 2.53. The van der Waals surface area contributed by atoms with Crippen molar-refractivity contribution in [3.05, 3.63) is 74.3 Å². The average Bonchev–Trinajstić information content (AvgIpc) is 2.58. The summed E-state index contributed by atoms with van der Waals surface area (Å²) in [6.45, 7) is 2.14. The lowest BCUT2D eigenvalue weighted by atomic mass is 10.1. The lowest BCUT2D eigenvalue weighted by Gasteiger charge is -2.11. The largest absolute Gasteiger partial charge is 0.380 e. The number of benzene rings is 2. The molecule has 0 aliphatic rings. The third-order valence-electron chi connectivity index (χ3n) is 3.93. The van der Waals surface area contributed by atoms with Gasteiger partial charge in [0.15, 0.2) is 0 Å². The molecule has 0 fully saturated rings. The molecular weight excluding hydrogens is 308 g/mol. The fraction of sp³-hybridized carbons (Fsp3) is 0.176. The van der Waals surface area contributed by atoms with E-state index >= 15 is 0 Å². The minimum Gasteiger partial charge on any atom is -0.380 e. The predicted molar refractivity (Wildman–Crippen MR) is 92.1 cm³/mol. The molecule has 7 heteroatoms. The van der Waals surface area contributed by atoms with Crippen LogP contribution in [0.25, 0.3) is 10.9 Å². The minimum absolute atomic E-state index is 0.0989. The average molecular weight is 324 g/mol. The molecule has 0 atom stereocenters.